The number of hydrogen-bond acceptors (Lipinski definition) is 5. The van der Waals surface area contributed by atoms with Crippen molar-refractivity contribution < 1.29 is 18.0 Å². The van der Waals surface area contributed by atoms with Crippen LogP contribution in [0, 0.1) is 6.92 Å². The summed E-state index contributed by atoms with van der Waals surface area (Å²) in [4.78, 5) is 29.8. The van der Waals surface area contributed by atoms with Gasteiger partial charge in [0.05, 0.1) is 35.4 Å². The van der Waals surface area contributed by atoms with Crippen LogP contribution in [-0.2, 0) is 12.7 Å². The summed E-state index contributed by atoms with van der Waals surface area (Å²) in [5.74, 6) is -0.870. The number of amides is 1. The zero-order chi connectivity index (χ0) is 25.4. The Hall–Kier alpha value is -4.74. The average molecular weight is 493 g/mol. The molecular weight excluding hydrogens is 475 g/mol. The standard InChI is InChI=1S/C24H18F3N7O2/c1-15-10-20(35)22(31-34(15)19-7-3-2-6-18(19)24(25,26)27)23(36)30-16-11-28-33(13-16)14-17-12-32-9-5-4-8-21(32)29-17/h2-13H,14H2,1H3,(H,30,36). The minimum Gasteiger partial charge on any atom is -0.318 e. The zero-order valence-electron chi connectivity index (χ0n) is 18.8. The second kappa shape index (κ2) is 8.80. The number of hydrogen-bond donors (Lipinski definition) is 1. The number of carbonyl (C=O) groups excluding carboxylic acids is 1. The highest BCUT2D eigenvalue weighted by Gasteiger charge is 2.34. The van der Waals surface area contributed by atoms with Crippen LogP contribution >= 0.6 is 0 Å². The van der Waals surface area contributed by atoms with Crippen molar-refractivity contribution in [2.24, 2.45) is 0 Å². The van der Waals surface area contributed by atoms with E-state index < -0.39 is 28.8 Å². The topological polar surface area (TPSA) is 99.1 Å². The number of aryl methyl sites for hydroxylation is 1. The summed E-state index contributed by atoms with van der Waals surface area (Å²) in [6.45, 7) is 1.77. The van der Waals surface area contributed by atoms with Crippen LogP contribution in [0.5, 0.6) is 0 Å². The third-order valence-electron chi connectivity index (χ3n) is 5.39. The zero-order valence-corrected chi connectivity index (χ0v) is 18.8. The van der Waals surface area contributed by atoms with Gasteiger partial charge in [0.25, 0.3) is 5.91 Å². The van der Waals surface area contributed by atoms with Gasteiger partial charge in [-0.2, -0.15) is 23.4 Å². The minimum absolute atomic E-state index is 0.147. The van der Waals surface area contributed by atoms with Crippen LogP contribution in [0.15, 0.2) is 78.1 Å². The third kappa shape index (κ3) is 4.48. The molecular formula is C24H18F3N7O2. The van der Waals surface area contributed by atoms with E-state index in [2.05, 4.69) is 20.5 Å². The van der Waals surface area contributed by atoms with E-state index in [1.165, 1.54) is 31.3 Å². The maximum absolute atomic E-state index is 13.5. The normalized spacial score (nSPS) is 11.7. The van der Waals surface area contributed by atoms with E-state index in [4.69, 9.17) is 0 Å². The number of benzene rings is 1. The summed E-state index contributed by atoms with van der Waals surface area (Å²) in [6, 6.07) is 11.5. The molecule has 5 aromatic rings. The van der Waals surface area contributed by atoms with Crippen LogP contribution in [0.1, 0.15) is 27.4 Å². The maximum Gasteiger partial charge on any atom is 0.418 e. The number of fused-ring (bicyclic) bond motifs is 1. The fourth-order valence-electron chi connectivity index (χ4n) is 3.78. The lowest BCUT2D eigenvalue weighted by Crippen LogP contribution is -2.27. The molecule has 12 heteroatoms. The number of anilines is 1. The van der Waals surface area contributed by atoms with Crippen molar-refractivity contribution in [2.75, 3.05) is 5.32 Å². The van der Waals surface area contributed by atoms with E-state index in [1.54, 1.807) is 10.9 Å². The van der Waals surface area contributed by atoms with Gasteiger partial charge in [0.2, 0.25) is 5.43 Å². The van der Waals surface area contributed by atoms with Gasteiger partial charge < -0.3 is 9.72 Å². The van der Waals surface area contributed by atoms with Crippen molar-refractivity contribution in [2.45, 2.75) is 19.6 Å². The second-order valence-electron chi connectivity index (χ2n) is 8.00. The Morgan fingerprint density at radius 2 is 1.86 bits per heavy atom. The second-order valence-corrected chi connectivity index (χ2v) is 8.00. The van der Waals surface area contributed by atoms with Crippen LogP contribution in [0.2, 0.25) is 0 Å². The van der Waals surface area contributed by atoms with Crippen LogP contribution in [0.25, 0.3) is 11.3 Å². The summed E-state index contributed by atoms with van der Waals surface area (Å²) in [7, 11) is 0. The molecule has 1 N–H and O–H groups in total. The van der Waals surface area contributed by atoms with Crippen LogP contribution < -0.4 is 10.7 Å². The Balaban J connectivity index is 1.39. The molecule has 182 valence electrons. The molecule has 0 radical (unpaired) electrons. The summed E-state index contributed by atoms with van der Waals surface area (Å²) in [5, 5.41) is 10.7. The molecule has 36 heavy (non-hydrogen) atoms. The van der Waals surface area contributed by atoms with Crippen molar-refractivity contribution in [3.8, 4) is 5.69 Å². The van der Waals surface area contributed by atoms with Gasteiger partial charge in [0.15, 0.2) is 5.69 Å². The Morgan fingerprint density at radius 1 is 1.08 bits per heavy atom. The lowest BCUT2D eigenvalue weighted by molar-refractivity contribution is -0.137. The highest BCUT2D eigenvalue weighted by Crippen LogP contribution is 2.33. The monoisotopic (exact) mass is 493 g/mol. The van der Waals surface area contributed by atoms with Gasteiger partial charge in [0, 0.05) is 30.4 Å². The molecule has 0 saturated heterocycles. The molecule has 0 aliphatic heterocycles. The van der Waals surface area contributed by atoms with Crippen molar-refractivity contribution in [3.63, 3.8) is 0 Å². The molecule has 0 atom stereocenters. The molecule has 0 fully saturated rings. The number of carbonyl (C=O) groups is 1. The first-order chi connectivity index (χ1) is 17.2. The molecule has 4 heterocycles. The van der Waals surface area contributed by atoms with Crippen LogP contribution in [0.4, 0.5) is 18.9 Å². The molecule has 0 bridgehead atoms. The van der Waals surface area contributed by atoms with Gasteiger partial charge >= 0.3 is 6.18 Å². The summed E-state index contributed by atoms with van der Waals surface area (Å²) < 4.78 is 44.9. The first-order valence-corrected chi connectivity index (χ1v) is 10.7. The first kappa shape index (κ1) is 23.0. The highest BCUT2D eigenvalue weighted by molar-refractivity contribution is 6.02. The summed E-state index contributed by atoms with van der Waals surface area (Å²) in [6.07, 6.45) is 2.01. The number of nitrogens with one attached hydrogen (secondary N) is 1. The number of imidazole rings is 1. The molecule has 0 spiro atoms. The van der Waals surface area contributed by atoms with E-state index >= 15 is 0 Å². The van der Waals surface area contributed by atoms with Crippen molar-refractivity contribution in [1.29, 1.82) is 0 Å². The van der Waals surface area contributed by atoms with Crippen LogP contribution in [0.3, 0.4) is 0 Å². The lowest BCUT2D eigenvalue weighted by Gasteiger charge is -2.16. The number of para-hydroxylation sites is 1. The van der Waals surface area contributed by atoms with E-state index in [9.17, 15) is 22.8 Å². The number of aromatic nitrogens is 6. The molecule has 9 nitrogen and oxygen atoms in total. The number of pyridine rings is 1. The maximum atomic E-state index is 13.5. The molecule has 0 aliphatic rings. The van der Waals surface area contributed by atoms with Crippen molar-refractivity contribution in [3.05, 3.63) is 106 Å². The molecule has 1 aromatic carbocycles. The minimum atomic E-state index is -4.65. The van der Waals surface area contributed by atoms with Gasteiger partial charge in [-0.3, -0.25) is 14.3 Å². The van der Waals surface area contributed by atoms with E-state index in [1.807, 2.05) is 35.0 Å². The Labute approximate surface area is 201 Å². The summed E-state index contributed by atoms with van der Waals surface area (Å²) in [5.41, 5.74) is -0.550. The Bertz CT molecular complexity index is 1620. The Kier molecular flexibility index (Phi) is 5.63. The largest absolute Gasteiger partial charge is 0.418 e. The van der Waals surface area contributed by atoms with Crippen molar-refractivity contribution >= 4 is 17.2 Å². The molecule has 0 saturated carbocycles. The van der Waals surface area contributed by atoms with E-state index in [0.717, 1.165) is 28.2 Å². The highest BCUT2D eigenvalue weighted by atomic mass is 19.4. The third-order valence-corrected chi connectivity index (χ3v) is 5.39. The fourth-order valence-corrected chi connectivity index (χ4v) is 3.78. The Morgan fingerprint density at radius 3 is 2.64 bits per heavy atom. The van der Waals surface area contributed by atoms with Gasteiger partial charge in [-0.05, 0) is 31.2 Å². The first-order valence-electron chi connectivity index (χ1n) is 10.7. The van der Waals surface area contributed by atoms with Gasteiger partial charge in [-0.25, -0.2) is 9.67 Å². The average Bonchev–Trinajstić information content (AvgIpc) is 3.44. The van der Waals surface area contributed by atoms with Gasteiger partial charge in [0.1, 0.15) is 5.65 Å². The van der Waals surface area contributed by atoms with Crippen LogP contribution in [-0.4, -0.2) is 34.9 Å². The molecule has 4 aromatic heterocycles. The lowest BCUT2D eigenvalue weighted by atomic mass is 10.1. The molecule has 1 amide bonds. The smallest absolute Gasteiger partial charge is 0.318 e. The summed E-state index contributed by atoms with van der Waals surface area (Å²) >= 11 is 0. The van der Waals surface area contributed by atoms with Gasteiger partial charge in [-0.1, -0.05) is 18.2 Å². The predicted octanol–water partition coefficient (Wildman–Crippen LogP) is 3.70. The number of halogens is 3. The predicted molar refractivity (Wildman–Crippen MR) is 124 cm³/mol. The number of rotatable bonds is 5. The molecule has 0 unspecified atom stereocenters. The molecule has 0 aliphatic carbocycles. The number of nitrogens with zero attached hydrogens (tertiary/aromatic N) is 6. The number of alkyl halides is 3. The molecule has 5 rings (SSSR count). The van der Waals surface area contributed by atoms with Gasteiger partial charge in [-0.15, -0.1) is 0 Å². The fraction of sp³-hybridized carbons (Fsp3) is 0.125. The van der Waals surface area contributed by atoms with E-state index in [-0.39, 0.29) is 17.1 Å². The quantitative estimate of drug-likeness (QED) is 0.403. The SMILES string of the molecule is Cc1cc(=O)c(C(=O)Nc2cnn(Cc3cn4ccccc4n3)c2)nn1-c1ccccc1C(F)(F)F. The van der Waals surface area contributed by atoms with Crippen molar-refractivity contribution in [1.82, 2.24) is 28.9 Å². The van der Waals surface area contributed by atoms with E-state index in [0.29, 0.717) is 6.54 Å².